The van der Waals surface area contributed by atoms with Crippen LogP contribution in [0.25, 0.3) is 11.0 Å². The van der Waals surface area contributed by atoms with Crippen LogP contribution in [0.15, 0.2) is 24.4 Å². The number of nitrogens with one attached hydrogen (secondary N) is 2. The van der Waals surface area contributed by atoms with Gasteiger partial charge in [-0.05, 0) is 52.7 Å². The smallest absolute Gasteiger partial charge is 0.319 e. The first-order valence-corrected chi connectivity index (χ1v) is 12.3. The lowest BCUT2D eigenvalue weighted by Gasteiger charge is -2.32. The molecule has 4 heterocycles. The number of fused-ring (bicyclic) bond motifs is 1. The normalized spacial score (nSPS) is 16.7. The fourth-order valence-electron chi connectivity index (χ4n) is 4.22. The van der Waals surface area contributed by atoms with Gasteiger partial charge in [0.15, 0.2) is 5.65 Å². The molecule has 11 heteroatoms. The summed E-state index contributed by atoms with van der Waals surface area (Å²) >= 11 is 0. The van der Waals surface area contributed by atoms with E-state index in [4.69, 9.17) is 15.2 Å². The summed E-state index contributed by atoms with van der Waals surface area (Å²) in [5, 5.41) is 11.6. The molecule has 3 aromatic heterocycles. The molecule has 0 bridgehead atoms. The molecule has 0 aliphatic carbocycles. The number of methoxy groups -OCH3 is 1. The molecule has 194 valence electrons. The Kier molecular flexibility index (Phi) is 7.70. The van der Waals surface area contributed by atoms with Gasteiger partial charge in [0.25, 0.3) is 5.91 Å². The Labute approximate surface area is 211 Å². The number of hydrogen-bond donors (Lipinski definition) is 3. The van der Waals surface area contributed by atoms with Gasteiger partial charge in [-0.15, -0.1) is 0 Å². The maximum Gasteiger partial charge on any atom is 0.319 e. The maximum atomic E-state index is 13.1. The van der Waals surface area contributed by atoms with Crippen molar-refractivity contribution in [3.8, 4) is 6.01 Å². The Balaban J connectivity index is 1.53. The molecule has 4 rings (SSSR count). The van der Waals surface area contributed by atoms with Crippen LogP contribution in [0.4, 0.5) is 5.82 Å². The molecular weight excluding hydrogens is 460 g/mol. The average Bonchev–Trinajstić information content (AvgIpc) is 3.27. The Morgan fingerprint density at radius 1 is 1.31 bits per heavy atom. The molecule has 0 spiro atoms. The van der Waals surface area contributed by atoms with E-state index in [0.717, 1.165) is 42.7 Å². The second kappa shape index (κ2) is 10.8. The number of piperidine rings is 1. The van der Waals surface area contributed by atoms with E-state index in [0.29, 0.717) is 18.3 Å². The standard InChI is InChI=1S/C25H36N8O3/c1-15(14-35-5)36-24-29-19(23(34)28-16(2)25(3,4)26)13-20(30-24)33-11-8-17(9-12-33)21-18-7-6-10-27-22(18)32-31-21/h6-7,10,13,15-17H,8-9,11-12,14,26H2,1-5H3,(H,28,34)(H,27,31,32)/t15-,16+/m1/s1. The molecule has 1 amide bonds. The van der Waals surface area contributed by atoms with E-state index >= 15 is 0 Å². The third-order valence-electron chi connectivity index (χ3n) is 6.67. The van der Waals surface area contributed by atoms with Crippen molar-refractivity contribution >= 4 is 22.8 Å². The van der Waals surface area contributed by atoms with Crippen LogP contribution in [0.3, 0.4) is 0 Å². The summed E-state index contributed by atoms with van der Waals surface area (Å²) in [4.78, 5) is 28.6. The van der Waals surface area contributed by atoms with Crippen molar-refractivity contribution in [3.63, 3.8) is 0 Å². The highest BCUT2D eigenvalue weighted by Crippen LogP contribution is 2.32. The fourth-order valence-corrected chi connectivity index (χ4v) is 4.22. The van der Waals surface area contributed by atoms with Gasteiger partial charge in [-0.1, -0.05) is 0 Å². The summed E-state index contributed by atoms with van der Waals surface area (Å²) in [5.41, 5.74) is 7.68. The molecule has 0 aromatic carbocycles. The summed E-state index contributed by atoms with van der Waals surface area (Å²) < 4.78 is 11.0. The van der Waals surface area contributed by atoms with Crippen molar-refractivity contribution in [1.82, 2.24) is 30.5 Å². The lowest BCUT2D eigenvalue weighted by Crippen LogP contribution is -2.53. The fraction of sp³-hybridized carbons (Fsp3) is 0.560. The highest BCUT2D eigenvalue weighted by Gasteiger charge is 2.28. The molecular formula is C25H36N8O3. The van der Waals surface area contributed by atoms with Gasteiger partial charge < -0.3 is 25.4 Å². The number of ether oxygens (including phenoxy) is 2. The van der Waals surface area contributed by atoms with Crippen molar-refractivity contribution in [3.05, 3.63) is 35.8 Å². The molecule has 4 N–H and O–H groups in total. The lowest BCUT2D eigenvalue weighted by atomic mass is 9.92. The van der Waals surface area contributed by atoms with Gasteiger partial charge in [-0.3, -0.25) is 9.89 Å². The number of nitrogens with two attached hydrogens (primary N) is 1. The molecule has 36 heavy (non-hydrogen) atoms. The first-order chi connectivity index (χ1) is 17.2. The maximum absolute atomic E-state index is 13.1. The number of aromatic nitrogens is 5. The zero-order chi connectivity index (χ0) is 25.9. The quantitative estimate of drug-likeness (QED) is 0.407. The van der Waals surface area contributed by atoms with Gasteiger partial charge in [0, 0.05) is 55.3 Å². The number of hydrogen-bond acceptors (Lipinski definition) is 9. The lowest BCUT2D eigenvalue weighted by molar-refractivity contribution is 0.0839. The molecule has 3 aromatic rings. The van der Waals surface area contributed by atoms with E-state index in [9.17, 15) is 4.79 Å². The van der Waals surface area contributed by atoms with Crippen LogP contribution < -0.4 is 20.7 Å². The SMILES string of the molecule is COC[C@@H](C)Oc1nc(C(=O)N[C@@H](C)C(C)(C)N)cc(N2CCC(c3n[nH]c4ncccc34)CC2)n1. The van der Waals surface area contributed by atoms with E-state index < -0.39 is 5.54 Å². The van der Waals surface area contributed by atoms with Crippen LogP contribution in [0, 0.1) is 0 Å². The average molecular weight is 497 g/mol. The van der Waals surface area contributed by atoms with Gasteiger partial charge in [0.2, 0.25) is 0 Å². The largest absolute Gasteiger partial charge is 0.458 e. The van der Waals surface area contributed by atoms with E-state index in [-0.39, 0.29) is 29.8 Å². The Bertz CT molecular complexity index is 1180. The highest BCUT2D eigenvalue weighted by atomic mass is 16.5. The predicted molar refractivity (Wildman–Crippen MR) is 137 cm³/mol. The van der Waals surface area contributed by atoms with Crippen molar-refractivity contribution < 1.29 is 14.3 Å². The van der Waals surface area contributed by atoms with E-state index in [1.165, 1.54) is 0 Å². The highest BCUT2D eigenvalue weighted by molar-refractivity contribution is 5.93. The van der Waals surface area contributed by atoms with Crippen LogP contribution in [-0.2, 0) is 4.74 Å². The van der Waals surface area contributed by atoms with E-state index in [1.807, 2.05) is 33.8 Å². The van der Waals surface area contributed by atoms with Crippen LogP contribution in [0.5, 0.6) is 6.01 Å². The number of H-pyrrole nitrogens is 1. The third kappa shape index (κ3) is 5.90. The molecule has 1 fully saturated rings. The summed E-state index contributed by atoms with van der Waals surface area (Å²) in [7, 11) is 1.61. The second-order valence-electron chi connectivity index (χ2n) is 10.1. The predicted octanol–water partition coefficient (Wildman–Crippen LogP) is 2.40. The topological polar surface area (TPSA) is 144 Å². The third-order valence-corrected chi connectivity index (χ3v) is 6.67. The number of amides is 1. The van der Waals surface area contributed by atoms with Crippen LogP contribution in [-0.4, -0.2) is 75.5 Å². The van der Waals surface area contributed by atoms with Crippen molar-refractivity contribution in [2.45, 2.75) is 64.1 Å². The minimum Gasteiger partial charge on any atom is -0.458 e. The Hall–Kier alpha value is -3.31. The summed E-state index contributed by atoms with van der Waals surface area (Å²) in [5.74, 6) is 0.648. The molecule has 1 saturated heterocycles. The first-order valence-electron chi connectivity index (χ1n) is 12.3. The van der Waals surface area contributed by atoms with Crippen molar-refractivity contribution in [2.75, 3.05) is 31.7 Å². The molecule has 11 nitrogen and oxygen atoms in total. The first kappa shape index (κ1) is 25.8. The molecule has 1 aliphatic heterocycles. The van der Waals surface area contributed by atoms with Gasteiger partial charge in [-0.25, -0.2) is 4.98 Å². The number of anilines is 1. The molecule has 0 saturated carbocycles. The minimum atomic E-state index is -0.578. The van der Waals surface area contributed by atoms with Crippen LogP contribution in [0.2, 0.25) is 0 Å². The number of nitrogens with zero attached hydrogens (tertiary/aromatic N) is 5. The number of rotatable bonds is 9. The molecule has 0 radical (unpaired) electrons. The Morgan fingerprint density at radius 2 is 2.06 bits per heavy atom. The van der Waals surface area contributed by atoms with Crippen molar-refractivity contribution in [2.24, 2.45) is 5.73 Å². The number of carbonyl (C=O) groups is 1. The van der Waals surface area contributed by atoms with Crippen molar-refractivity contribution in [1.29, 1.82) is 0 Å². The second-order valence-corrected chi connectivity index (χ2v) is 10.1. The monoisotopic (exact) mass is 496 g/mol. The number of carbonyl (C=O) groups excluding carboxylic acids is 1. The van der Waals surface area contributed by atoms with Crippen LogP contribution in [0.1, 0.15) is 62.6 Å². The molecule has 1 aliphatic rings. The van der Waals surface area contributed by atoms with Gasteiger partial charge in [0.05, 0.1) is 12.3 Å². The molecule has 2 atom stereocenters. The zero-order valence-electron chi connectivity index (χ0n) is 21.6. The van der Waals surface area contributed by atoms with E-state index in [2.05, 4.69) is 41.4 Å². The van der Waals surface area contributed by atoms with Gasteiger partial charge >= 0.3 is 6.01 Å². The zero-order valence-corrected chi connectivity index (χ0v) is 21.6. The summed E-state index contributed by atoms with van der Waals surface area (Å²) in [6, 6.07) is 5.59. The van der Waals surface area contributed by atoms with Gasteiger partial charge in [-0.2, -0.15) is 15.1 Å². The molecule has 0 unspecified atom stereocenters. The number of pyridine rings is 1. The van der Waals surface area contributed by atoms with Gasteiger partial charge in [0.1, 0.15) is 17.6 Å². The summed E-state index contributed by atoms with van der Waals surface area (Å²) in [6.07, 6.45) is 3.29. The van der Waals surface area contributed by atoms with E-state index in [1.54, 1.807) is 19.4 Å². The number of aromatic amines is 1. The minimum absolute atomic E-state index is 0.147. The van der Waals surface area contributed by atoms with Crippen LogP contribution >= 0.6 is 0 Å². The summed E-state index contributed by atoms with van der Waals surface area (Å²) in [6.45, 7) is 9.38. The Morgan fingerprint density at radius 3 is 2.75 bits per heavy atom.